The van der Waals surface area contributed by atoms with Gasteiger partial charge in [0.1, 0.15) is 0 Å². The molecule has 0 radical (unpaired) electrons. The van der Waals surface area contributed by atoms with Gasteiger partial charge in [0.15, 0.2) is 0 Å². The second-order valence-corrected chi connectivity index (χ2v) is 6.03. The van der Waals surface area contributed by atoms with Gasteiger partial charge in [0, 0.05) is 25.3 Å². The predicted octanol–water partition coefficient (Wildman–Crippen LogP) is 0.670. The molecule has 132 valence electrons. The van der Waals surface area contributed by atoms with Crippen LogP contribution in [0.25, 0.3) is 0 Å². The van der Waals surface area contributed by atoms with Gasteiger partial charge in [0.25, 0.3) is 0 Å². The van der Waals surface area contributed by atoms with Gasteiger partial charge in [-0.15, -0.1) is 0 Å². The summed E-state index contributed by atoms with van der Waals surface area (Å²) in [6.45, 7) is 4.09. The second-order valence-electron chi connectivity index (χ2n) is 6.03. The highest BCUT2D eigenvalue weighted by Gasteiger charge is 2.10. The molecule has 5 N–H and O–H groups in total. The van der Waals surface area contributed by atoms with E-state index in [1.54, 1.807) is 12.1 Å². The Hall–Kier alpha value is -2.28. The van der Waals surface area contributed by atoms with Crippen molar-refractivity contribution in [2.45, 2.75) is 25.8 Å². The largest absolute Gasteiger partial charge is 0.399 e. The van der Waals surface area contributed by atoms with Crippen LogP contribution in [0.5, 0.6) is 0 Å². The third-order valence-corrected chi connectivity index (χ3v) is 4.04. The lowest BCUT2D eigenvalue weighted by atomic mass is 10.1. The maximum atomic E-state index is 11.7. The molecule has 1 aliphatic rings. The van der Waals surface area contributed by atoms with E-state index in [0.717, 1.165) is 25.2 Å². The summed E-state index contributed by atoms with van der Waals surface area (Å²) in [5, 5.41) is 8.08. The zero-order valence-corrected chi connectivity index (χ0v) is 14.0. The second kappa shape index (κ2) is 9.77. The zero-order chi connectivity index (χ0) is 17.2. The van der Waals surface area contributed by atoms with Crippen LogP contribution in [-0.2, 0) is 11.3 Å². The van der Waals surface area contributed by atoms with E-state index in [2.05, 4.69) is 20.9 Å². The van der Waals surface area contributed by atoms with E-state index in [9.17, 15) is 9.59 Å². The molecule has 1 saturated heterocycles. The molecule has 0 aromatic heterocycles. The summed E-state index contributed by atoms with van der Waals surface area (Å²) in [6, 6.07) is 6.90. The number of amides is 3. The van der Waals surface area contributed by atoms with Gasteiger partial charge >= 0.3 is 6.03 Å². The van der Waals surface area contributed by atoms with Crippen LogP contribution in [0.3, 0.4) is 0 Å². The molecule has 1 aliphatic heterocycles. The molecule has 0 aliphatic carbocycles. The fourth-order valence-corrected chi connectivity index (χ4v) is 2.64. The molecule has 1 aromatic carbocycles. The number of hydrogen-bond acceptors (Lipinski definition) is 4. The van der Waals surface area contributed by atoms with Crippen molar-refractivity contribution in [3.05, 3.63) is 29.8 Å². The van der Waals surface area contributed by atoms with Crippen LogP contribution < -0.4 is 21.7 Å². The molecular weight excluding hydrogens is 306 g/mol. The molecule has 1 aromatic rings. The van der Waals surface area contributed by atoms with Crippen LogP contribution in [0.1, 0.15) is 24.8 Å². The molecule has 0 spiro atoms. The van der Waals surface area contributed by atoms with Gasteiger partial charge < -0.3 is 26.6 Å². The van der Waals surface area contributed by atoms with Crippen LogP contribution in [0.15, 0.2) is 24.3 Å². The molecule has 1 heterocycles. The summed E-state index contributed by atoms with van der Waals surface area (Å²) in [5.41, 5.74) is 7.24. The molecule has 24 heavy (non-hydrogen) atoms. The number of nitrogens with two attached hydrogens (primary N) is 1. The number of nitrogen functional groups attached to an aromatic ring is 1. The van der Waals surface area contributed by atoms with E-state index in [-0.39, 0.29) is 18.5 Å². The minimum absolute atomic E-state index is 0.0203. The molecule has 0 saturated carbocycles. The predicted molar refractivity (Wildman–Crippen MR) is 94.4 cm³/mol. The number of benzene rings is 1. The molecule has 3 amide bonds. The Morgan fingerprint density at radius 3 is 2.42 bits per heavy atom. The first-order valence-corrected chi connectivity index (χ1v) is 8.48. The number of carbonyl (C=O) groups is 2. The monoisotopic (exact) mass is 333 g/mol. The molecule has 7 nitrogen and oxygen atoms in total. The third-order valence-electron chi connectivity index (χ3n) is 4.04. The van der Waals surface area contributed by atoms with Gasteiger partial charge in [-0.3, -0.25) is 4.79 Å². The van der Waals surface area contributed by atoms with Gasteiger partial charge in [-0.2, -0.15) is 0 Å². The van der Waals surface area contributed by atoms with Crippen LogP contribution in [0.2, 0.25) is 0 Å². The van der Waals surface area contributed by atoms with Gasteiger partial charge in [0.2, 0.25) is 5.91 Å². The summed E-state index contributed by atoms with van der Waals surface area (Å²) in [7, 11) is 0. The summed E-state index contributed by atoms with van der Waals surface area (Å²) in [5.74, 6) is -0.172. The van der Waals surface area contributed by atoms with Gasteiger partial charge in [-0.05, 0) is 43.6 Å². The Morgan fingerprint density at radius 2 is 1.71 bits per heavy atom. The van der Waals surface area contributed by atoms with E-state index in [1.807, 2.05) is 12.1 Å². The molecule has 0 atom stereocenters. The number of nitrogens with one attached hydrogen (secondary N) is 3. The fraction of sp³-hybridized carbons (Fsp3) is 0.529. The maximum absolute atomic E-state index is 11.7. The molecule has 7 heteroatoms. The van der Waals surface area contributed by atoms with Crippen LogP contribution in [-0.4, -0.2) is 49.6 Å². The molecule has 2 rings (SSSR count). The summed E-state index contributed by atoms with van der Waals surface area (Å²) in [4.78, 5) is 25.7. The number of urea groups is 1. The van der Waals surface area contributed by atoms with Crippen molar-refractivity contribution in [1.82, 2.24) is 20.9 Å². The quantitative estimate of drug-likeness (QED) is 0.551. The maximum Gasteiger partial charge on any atom is 0.315 e. The van der Waals surface area contributed by atoms with Gasteiger partial charge in [-0.25, -0.2) is 4.79 Å². The third kappa shape index (κ3) is 6.87. The van der Waals surface area contributed by atoms with Crippen molar-refractivity contribution in [3.63, 3.8) is 0 Å². The van der Waals surface area contributed by atoms with Crippen molar-refractivity contribution < 1.29 is 9.59 Å². The van der Waals surface area contributed by atoms with E-state index >= 15 is 0 Å². The minimum atomic E-state index is -0.363. The first-order valence-electron chi connectivity index (χ1n) is 8.48. The summed E-state index contributed by atoms with van der Waals surface area (Å²) < 4.78 is 0. The van der Waals surface area contributed by atoms with Crippen molar-refractivity contribution in [2.24, 2.45) is 0 Å². The van der Waals surface area contributed by atoms with Crippen LogP contribution in [0.4, 0.5) is 10.5 Å². The number of rotatable bonds is 7. The van der Waals surface area contributed by atoms with Crippen LogP contribution in [0, 0.1) is 0 Å². The summed E-state index contributed by atoms with van der Waals surface area (Å²) in [6.07, 6.45) is 3.78. The molecule has 0 bridgehead atoms. The SMILES string of the molecule is Nc1ccc(CNC(=O)NCC(=O)NCCN2CCCCC2)cc1. The topological polar surface area (TPSA) is 99.5 Å². The average molecular weight is 333 g/mol. The number of anilines is 1. The first-order chi connectivity index (χ1) is 11.6. The highest BCUT2D eigenvalue weighted by atomic mass is 16.2. The van der Waals surface area contributed by atoms with Crippen molar-refractivity contribution >= 4 is 17.6 Å². The standard InChI is InChI=1S/C17H27N5O2/c18-15-6-4-14(5-7-15)12-20-17(24)21-13-16(23)19-8-11-22-9-2-1-3-10-22/h4-7H,1-3,8-13,18H2,(H,19,23)(H2,20,21,24). The Bertz CT molecular complexity index is 526. The van der Waals surface area contributed by atoms with Gasteiger partial charge in [0.05, 0.1) is 6.54 Å². The normalized spacial score (nSPS) is 14.8. The zero-order valence-electron chi connectivity index (χ0n) is 14.0. The van der Waals surface area contributed by atoms with Gasteiger partial charge in [-0.1, -0.05) is 18.6 Å². The lowest BCUT2D eigenvalue weighted by Crippen LogP contribution is -2.44. The van der Waals surface area contributed by atoms with Crippen LogP contribution >= 0.6 is 0 Å². The molecular formula is C17H27N5O2. The number of carbonyl (C=O) groups excluding carboxylic acids is 2. The highest BCUT2D eigenvalue weighted by Crippen LogP contribution is 2.07. The number of piperidine rings is 1. The smallest absolute Gasteiger partial charge is 0.315 e. The molecule has 1 fully saturated rings. The van der Waals surface area contributed by atoms with E-state index < -0.39 is 0 Å². The lowest BCUT2D eigenvalue weighted by molar-refractivity contribution is -0.120. The average Bonchev–Trinajstić information content (AvgIpc) is 2.60. The Morgan fingerprint density at radius 1 is 1.00 bits per heavy atom. The van der Waals surface area contributed by atoms with E-state index in [4.69, 9.17) is 5.73 Å². The Balaban J connectivity index is 1.53. The Labute approximate surface area is 143 Å². The number of nitrogens with zero attached hydrogens (tertiary/aromatic N) is 1. The number of hydrogen-bond donors (Lipinski definition) is 4. The van der Waals surface area contributed by atoms with Crippen molar-refractivity contribution in [1.29, 1.82) is 0 Å². The lowest BCUT2D eigenvalue weighted by Gasteiger charge is -2.26. The first kappa shape index (κ1) is 18.1. The molecule has 0 unspecified atom stereocenters. The summed E-state index contributed by atoms with van der Waals surface area (Å²) >= 11 is 0. The van der Waals surface area contributed by atoms with E-state index in [1.165, 1.54) is 19.3 Å². The fourth-order valence-electron chi connectivity index (χ4n) is 2.64. The minimum Gasteiger partial charge on any atom is -0.399 e. The van der Waals surface area contributed by atoms with E-state index in [0.29, 0.717) is 18.8 Å². The van der Waals surface area contributed by atoms with Crippen molar-refractivity contribution in [2.75, 3.05) is 38.5 Å². The Kier molecular flexibility index (Phi) is 7.35. The highest BCUT2D eigenvalue weighted by molar-refractivity contribution is 5.83. The number of likely N-dealkylation sites (tertiary alicyclic amines) is 1. The van der Waals surface area contributed by atoms with Crippen molar-refractivity contribution in [3.8, 4) is 0 Å².